The number of aliphatic hydroxyl groups is 1. The average Bonchev–Trinajstić information content (AvgIpc) is 2.87. The first-order valence-corrected chi connectivity index (χ1v) is 9.74. The molecule has 1 N–H and O–H groups in total. The summed E-state index contributed by atoms with van der Waals surface area (Å²) in [4.78, 5) is 24.8. The number of Topliss-reactive ketones (excluding diaryl/α,β-unsaturated/α-hetero) is 2. The van der Waals surface area contributed by atoms with Crippen molar-refractivity contribution in [3.63, 3.8) is 0 Å². The van der Waals surface area contributed by atoms with Crippen molar-refractivity contribution in [2.24, 2.45) is 40.4 Å². The Morgan fingerprint density at radius 2 is 1.88 bits per heavy atom. The number of carbonyl (C=O) groups is 2. The van der Waals surface area contributed by atoms with Crippen molar-refractivity contribution >= 4 is 11.6 Å². The quantitative estimate of drug-likeness (QED) is 0.748. The Hall–Kier alpha value is -0.960. The Bertz CT molecular complexity index is 621. The van der Waals surface area contributed by atoms with Gasteiger partial charge in [0.1, 0.15) is 11.6 Å². The summed E-state index contributed by atoms with van der Waals surface area (Å²) in [5.74, 6) is 2.49. The zero-order valence-corrected chi connectivity index (χ0v) is 15.2. The lowest BCUT2D eigenvalue weighted by Gasteiger charge is -2.59. The van der Waals surface area contributed by atoms with Gasteiger partial charge in [-0.3, -0.25) is 9.59 Å². The molecule has 0 saturated heterocycles. The van der Waals surface area contributed by atoms with E-state index in [0.717, 1.165) is 32.1 Å². The molecular weight excluding hydrogens is 300 g/mol. The lowest BCUT2D eigenvalue weighted by molar-refractivity contribution is -0.136. The molecule has 132 valence electrons. The fourth-order valence-corrected chi connectivity index (χ4v) is 7.05. The maximum absolute atomic E-state index is 12.5. The molecule has 0 aromatic carbocycles. The predicted molar refractivity (Wildman–Crippen MR) is 92.2 cm³/mol. The molecular formula is C21H30O3. The molecule has 0 heterocycles. The SMILES string of the molecule is CC1C(=O)CC[C@@]2(CO)C1=C[C@@H](C)[C@@H]1[C@@H]2CC[C@]2(C)C(=O)CC[C@@H]12. The van der Waals surface area contributed by atoms with Crippen LogP contribution in [0.25, 0.3) is 0 Å². The lowest BCUT2D eigenvalue weighted by atomic mass is 9.45. The molecule has 0 amide bonds. The standard InChI is InChI=1S/C21H30O3/c1-12-10-16-13(2)17(23)7-9-21(16,11-22)15-6-8-20(3)14(19(12)15)4-5-18(20)24/h10,12-15,19,22H,4-9,11H2,1-3H3/t12-,13?,14+,15+,19+,20+,21+/m1/s1. The van der Waals surface area contributed by atoms with Gasteiger partial charge in [-0.1, -0.05) is 32.4 Å². The number of ketones is 2. The fourth-order valence-electron chi connectivity index (χ4n) is 7.05. The van der Waals surface area contributed by atoms with Crippen LogP contribution >= 0.6 is 0 Å². The third kappa shape index (κ3) is 1.88. The zero-order valence-electron chi connectivity index (χ0n) is 15.2. The van der Waals surface area contributed by atoms with Crippen molar-refractivity contribution in [3.8, 4) is 0 Å². The zero-order chi connectivity index (χ0) is 17.3. The molecule has 7 atom stereocenters. The Kier molecular flexibility index (Phi) is 3.62. The summed E-state index contributed by atoms with van der Waals surface area (Å²) in [6.45, 7) is 6.64. The maximum atomic E-state index is 12.5. The molecule has 0 aliphatic heterocycles. The van der Waals surface area contributed by atoms with E-state index in [1.165, 1.54) is 5.57 Å². The van der Waals surface area contributed by atoms with Gasteiger partial charge < -0.3 is 5.11 Å². The van der Waals surface area contributed by atoms with Gasteiger partial charge >= 0.3 is 0 Å². The minimum Gasteiger partial charge on any atom is -0.395 e. The Labute approximate surface area is 144 Å². The molecule has 0 aromatic rings. The Morgan fingerprint density at radius 1 is 1.12 bits per heavy atom. The summed E-state index contributed by atoms with van der Waals surface area (Å²) < 4.78 is 0. The summed E-state index contributed by atoms with van der Waals surface area (Å²) in [5, 5.41) is 10.4. The van der Waals surface area contributed by atoms with Crippen LogP contribution in [0.3, 0.4) is 0 Å². The second kappa shape index (κ2) is 5.27. The van der Waals surface area contributed by atoms with Crippen LogP contribution in [0.2, 0.25) is 0 Å². The molecule has 4 rings (SSSR count). The normalized spacial score (nSPS) is 50.8. The van der Waals surface area contributed by atoms with Crippen LogP contribution in [-0.2, 0) is 9.59 Å². The number of allylic oxidation sites excluding steroid dienone is 1. The molecule has 0 radical (unpaired) electrons. The third-order valence-corrected chi connectivity index (χ3v) is 8.43. The summed E-state index contributed by atoms with van der Waals surface area (Å²) in [5.41, 5.74) is 0.855. The van der Waals surface area contributed by atoms with Gasteiger partial charge in [-0.2, -0.15) is 0 Å². The number of hydrogen-bond donors (Lipinski definition) is 1. The Balaban J connectivity index is 1.81. The van der Waals surface area contributed by atoms with E-state index in [2.05, 4.69) is 19.9 Å². The second-order valence-corrected chi connectivity index (χ2v) is 9.19. The van der Waals surface area contributed by atoms with Crippen LogP contribution in [0.1, 0.15) is 59.3 Å². The number of carbonyl (C=O) groups excluding carboxylic acids is 2. The van der Waals surface area contributed by atoms with Gasteiger partial charge in [0.25, 0.3) is 0 Å². The molecule has 4 aliphatic rings. The molecule has 0 bridgehead atoms. The van der Waals surface area contributed by atoms with Gasteiger partial charge in [-0.15, -0.1) is 0 Å². The third-order valence-electron chi connectivity index (χ3n) is 8.43. The van der Waals surface area contributed by atoms with Crippen molar-refractivity contribution in [3.05, 3.63) is 11.6 Å². The minimum atomic E-state index is -0.211. The van der Waals surface area contributed by atoms with Gasteiger partial charge in [0.05, 0.1) is 6.61 Å². The number of hydrogen-bond acceptors (Lipinski definition) is 3. The van der Waals surface area contributed by atoms with E-state index < -0.39 is 0 Å². The number of rotatable bonds is 1. The van der Waals surface area contributed by atoms with E-state index in [-0.39, 0.29) is 23.4 Å². The van der Waals surface area contributed by atoms with Crippen LogP contribution in [-0.4, -0.2) is 23.3 Å². The molecule has 0 aromatic heterocycles. The molecule has 4 aliphatic carbocycles. The van der Waals surface area contributed by atoms with Crippen LogP contribution in [0.4, 0.5) is 0 Å². The summed E-state index contributed by atoms with van der Waals surface area (Å²) in [7, 11) is 0. The average molecular weight is 330 g/mol. The summed E-state index contributed by atoms with van der Waals surface area (Å²) in [6, 6.07) is 0. The smallest absolute Gasteiger partial charge is 0.139 e. The van der Waals surface area contributed by atoms with Crippen molar-refractivity contribution in [1.29, 1.82) is 0 Å². The maximum Gasteiger partial charge on any atom is 0.139 e. The van der Waals surface area contributed by atoms with E-state index in [1.807, 2.05) is 6.92 Å². The highest BCUT2D eigenvalue weighted by atomic mass is 16.3. The van der Waals surface area contributed by atoms with Crippen molar-refractivity contribution in [2.45, 2.75) is 59.3 Å². The molecule has 3 fully saturated rings. The van der Waals surface area contributed by atoms with Gasteiger partial charge in [-0.25, -0.2) is 0 Å². The van der Waals surface area contributed by atoms with Crippen molar-refractivity contribution < 1.29 is 14.7 Å². The topological polar surface area (TPSA) is 54.4 Å². The van der Waals surface area contributed by atoms with Crippen LogP contribution in [0, 0.1) is 40.4 Å². The molecule has 3 saturated carbocycles. The molecule has 0 spiro atoms. The van der Waals surface area contributed by atoms with Crippen LogP contribution in [0.5, 0.6) is 0 Å². The van der Waals surface area contributed by atoms with Crippen molar-refractivity contribution in [1.82, 2.24) is 0 Å². The van der Waals surface area contributed by atoms with E-state index in [4.69, 9.17) is 0 Å². The molecule has 3 heteroatoms. The van der Waals surface area contributed by atoms with E-state index in [9.17, 15) is 14.7 Å². The highest BCUT2D eigenvalue weighted by Crippen LogP contribution is 2.65. The predicted octanol–water partition coefficient (Wildman–Crippen LogP) is 3.55. The van der Waals surface area contributed by atoms with E-state index in [0.29, 0.717) is 41.7 Å². The van der Waals surface area contributed by atoms with E-state index >= 15 is 0 Å². The van der Waals surface area contributed by atoms with Crippen molar-refractivity contribution in [2.75, 3.05) is 6.61 Å². The highest BCUT2D eigenvalue weighted by molar-refractivity contribution is 5.87. The first-order chi connectivity index (χ1) is 11.3. The monoisotopic (exact) mass is 330 g/mol. The van der Waals surface area contributed by atoms with E-state index in [1.54, 1.807) is 0 Å². The highest BCUT2D eigenvalue weighted by Gasteiger charge is 2.61. The summed E-state index contributed by atoms with van der Waals surface area (Å²) in [6.07, 6.45) is 7.43. The van der Waals surface area contributed by atoms with Gasteiger partial charge in [0, 0.05) is 29.6 Å². The molecule has 3 nitrogen and oxygen atoms in total. The van der Waals surface area contributed by atoms with Gasteiger partial charge in [-0.05, 0) is 49.4 Å². The van der Waals surface area contributed by atoms with Gasteiger partial charge in [0.15, 0.2) is 0 Å². The second-order valence-electron chi connectivity index (χ2n) is 9.19. The molecule has 1 unspecified atom stereocenters. The van der Waals surface area contributed by atoms with Crippen LogP contribution < -0.4 is 0 Å². The number of fused-ring (bicyclic) bond motifs is 5. The first kappa shape index (κ1) is 16.5. The van der Waals surface area contributed by atoms with Crippen LogP contribution in [0.15, 0.2) is 11.6 Å². The largest absolute Gasteiger partial charge is 0.395 e. The lowest BCUT2D eigenvalue weighted by Crippen LogP contribution is -2.56. The Morgan fingerprint density at radius 3 is 2.58 bits per heavy atom. The summed E-state index contributed by atoms with van der Waals surface area (Å²) >= 11 is 0. The minimum absolute atomic E-state index is 0.0483. The molecule has 24 heavy (non-hydrogen) atoms. The number of aliphatic hydroxyl groups excluding tert-OH is 1. The fraction of sp³-hybridized carbons (Fsp3) is 0.810. The first-order valence-electron chi connectivity index (χ1n) is 9.74. The van der Waals surface area contributed by atoms with Gasteiger partial charge in [0.2, 0.25) is 0 Å².